The van der Waals surface area contributed by atoms with Gasteiger partial charge in [0.2, 0.25) is 0 Å². The molecule has 0 saturated carbocycles. The Bertz CT molecular complexity index is 669. The van der Waals surface area contributed by atoms with Gasteiger partial charge in [-0.3, -0.25) is 0 Å². The third kappa shape index (κ3) is 2.22. The molecule has 0 aliphatic rings. The van der Waals surface area contributed by atoms with Gasteiger partial charge in [0.15, 0.2) is 11.6 Å². The fourth-order valence-corrected chi connectivity index (χ4v) is 2.71. The minimum Gasteiger partial charge on any atom is -0.204 e. The maximum Gasteiger partial charge on any atom is 0.283 e. The van der Waals surface area contributed by atoms with Crippen LogP contribution in [-0.2, 0) is 10.0 Å². The molecule has 0 radical (unpaired) electrons. The molecular weight excluding hydrogens is 318 g/mol. The van der Waals surface area contributed by atoms with Crippen molar-refractivity contribution in [2.45, 2.75) is 4.90 Å². The van der Waals surface area contributed by atoms with E-state index in [2.05, 4.69) is 21.0 Å². The van der Waals surface area contributed by atoms with Crippen molar-refractivity contribution >= 4 is 26.0 Å². The average Bonchev–Trinajstić information content (AvgIpc) is 2.69. The molecule has 0 spiro atoms. The summed E-state index contributed by atoms with van der Waals surface area (Å²) in [7, 11) is -3.99. The van der Waals surface area contributed by atoms with Crippen molar-refractivity contribution in [1.82, 2.24) is 9.19 Å². The Morgan fingerprint density at radius 1 is 1.24 bits per heavy atom. The minimum atomic E-state index is -3.99. The van der Waals surface area contributed by atoms with Gasteiger partial charge in [-0.1, -0.05) is 0 Å². The predicted octanol–water partition coefficient (Wildman–Crippen LogP) is 2.16. The molecule has 1 aromatic heterocycles. The van der Waals surface area contributed by atoms with E-state index in [4.69, 9.17) is 0 Å². The fourth-order valence-electron chi connectivity index (χ4n) is 1.16. The smallest absolute Gasteiger partial charge is 0.204 e. The van der Waals surface area contributed by atoms with Crippen molar-refractivity contribution in [2.75, 3.05) is 0 Å². The predicted molar refractivity (Wildman–Crippen MR) is 58.9 cm³/mol. The molecule has 0 unspecified atom stereocenters. The topological polar surface area (TPSA) is 52.0 Å². The van der Waals surface area contributed by atoms with Crippen LogP contribution in [0.1, 0.15) is 0 Å². The lowest BCUT2D eigenvalue weighted by Crippen LogP contribution is -2.13. The van der Waals surface area contributed by atoms with Crippen molar-refractivity contribution in [2.24, 2.45) is 0 Å². The Morgan fingerprint density at radius 2 is 1.94 bits per heavy atom. The summed E-state index contributed by atoms with van der Waals surface area (Å²) >= 11 is 3.04. The molecule has 0 atom stereocenters. The van der Waals surface area contributed by atoms with Crippen molar-refractivity contribution in [3.8, 4) is 0 Å². The molecule has 0 bridgehead atoms. The van der Waals surface area contributed by atoms with Crippen molar-refractivity contribution in [3.05, 3.63) is 46.7 Å². The Balaban J connectivity index is 2.56. The number of halogens is 3. The normalized spacial score (nSPS) is 11.7. The van der Waals surface area contributed by atoms with E-state index in [1.165, 1.54) is 12.4 Å². The summed E-state index contributed by atoms with van der Waals surface area (Å²) in [5, 5.41) is 3.58. The van der Waals surface area contributed by atoms with Gasteiger partial charge in [-0.15, -0.1) is 0 Å². The summed E-state index contributed by atoms with van der Waals surface area (Å²) in [6.45, 7) is 0. The van der Waals surface area contributed by atoms with Gasteiger partial charge in [-0.2, -0.15) is 17.6 Å². The molecule has 0 amide bonds. The Hall–Kier alpha value is -1.28. The highest BCUT2D eigenvalue weighted by atomic mass is 79.9. The number of nitrogens with zero attached hydrogens (tertiary/aromatic N) is 2. The van der Waals surface area contributed by atoms with Crippen LogP contribution < -0.4 is 0 Å². The monoisotopic (exact) mass is 322 g/mol. The lowest BCUT2D eigenvalue weighted by atomic mass is 10.3. The second kappa shape index (κ2) is 4.19. The van der Waals surface area contributed by atoms with Crippen molar-refractivity contribution in [3.63, 3.8) is 0 Å². The van der Waals surface area contributed by atoms with E-state index in [1.54, 1.807) is 0 Å². The van der Waals surface area contributed by atoms with Gasteiger partial charge >= 0.3 is 0 Å². The van der Waals surface area contributed by atoms with Crippen LogP contribution in [-0.4, -0.2) is 17.6 Å². The highest BCUT2D eigenvalue weighted by molar-refractivity contribution is 9.10. The highest BCUT2D eigenvalue weighted by Gasteiger charge is 2.19. The summed E-state index contributed by atoms with van der Waals surface area (Å²) in [5.41, 5.74) is 0. The highest BCUT2D eigenvalue weighted by Crippen LogP contribution is 2.18. The van der Waals surface area contributed by atoms with E-state index in [-0.39, 0.29) is 4.90 Å². The van der Waals surface area contributed by atoms with E-state index < -0.39 is 21.7 Å². The van der Waals surface area contributed by atoms with E-state index in [9.17, 15) is 17.2 Å². The van der Waals surface area contributed by atoms with Crippen LogP contribution >= 0.6 is 15.9 Å². The molecule has 8 heteroatoms. The number of hydrogen-bond acceptors (Lipinski definition) is 3. The van der Waals surface area contributed by atoms with Crippen molar-refractivity contribution < 1.29 is 17.2 Å². The van der Waals surface area contributed by atoms with E-state index >= 15 is 0 Å². The zero-order chi connectivity index (χ0) is 12.6. The first-order valence-corrected chi connectivity index (χ1v) is 6.55. The maximum atomic E-state index is 13.0. The molecule has 2 aromatic rings. The molecule has 0 aliphatic carbocycles. The van der Waals surface area contributed by atoms with E-state index in [0.717, 1.165) is 12.1 Å². The molecule has 1 aromatic carbocycles. The average molecular weight is 323 g/mol. The Morgan fingerprint density at radius 3 is 2.47 bits per heavy atom. The molecule has 0 fully saturated rings. The van der Waals surface area contributed by atoms with Crippen molar-refractivity contribution in [1.29, 1.82) is 0 Å². The summed E-state index contributed by atoms with van der Waals surface area (Å²) in [6, 6.07) is 2.34. The number of aromatic nitrogens is 2. The Kier molecular flexibility index (Phi) is 3.00. The lowest BCUT2D eigenvalue weighted by Gasteiger charge is -2.04. The largest absolute Gasteiger partial charge is 0.283 e. The zero-order valence-corrected chi connectivity index (χ0v) is 10.5. The molecule has 0 N–H and O–H groups in total. The number of benzene rings is 1. The first-order valence-electron chi connectivity index (χ1n) is 4.32. The summed E-state index contributed by atoms with van der Waals surface area (Å²) in [5.74, 6) is -2.33. The standard InChI is InChI=1S/C9H5BrF2N2O2S/c10-6-4-13-14(5-6)17(15,16)7-1-2-8(11)9(12)3-7/h1-5H. The molecule has 0 aliphatic heterocycles. The number of hydrogen-bond donors (Lipinski definition) is 0. The van der Waals surface area contributed by atoms with Crippen LogP contribution in [0.15, 0.2) is 40.0 Å². The quantitative estimate of drug-likeness (QED) is 0.851. The van der Waals surface area contributed by atoms with Gasteiger partial charge in [-0.05, 0) is 34.1 Å². The molecule has 17 heavy (non-hydrogen) atoms. The van der Waals surface area contributed by atoms with Gasteiger partial charge in [0, 0.05) is 0 Å². The second-order valence-electron chi connectivity index (χ2n) is 3.11. The second-order valence-corrected chi connectivity index (χ2v) is 5.82. The van der Waals surface area contributed by atoms with Gasteiger partial charge in [0.1, 0.15) is 0 Å². The first kappa shape index (κ1) is 12.2. The fraction of sp³-hybridized carbons (Fsp3) is 0. The van der Waals surface area contributed by atoms with Gasteiger partial charge < -0.3 is 0 Å². The van der Waals surface area contributed by atoms with Crippen LogP contribution in [0, 0.1) is 11.6 Å². The molecule has 2 rings (SSSR count). The van der Waals surface area contributed by atoms with Crippen LogP contribution in [0.4, 0.5) is 8.78 Å². The molecule has 1 heterocycles. The third-order valence-corrected chi connectivity index (χ3v) is 3.92. The SMILES string of the molecule is O=S(=O)(c1ccc(F)c(F)c1)n1cc(Br)cn1. The van der Waals surface area contributed by atoms with Gasteiger partial charge in [0.05, 0.1) is 21.8 Å². The molecule has 4 nitrogen and oxygen atoms in total. The van der Waals surface area contributed by atoms with Crippen LogP contribution in [0.25, 0.3) is 0 Å². The number of rotatable bonds is 2. The van der Waals surface area contributed by atoms with E-state index in [1.807, 2.05) is 0 Å². The van der Waals surface area contributed by atoms with Crippen LogP contribution in [0.3, 0.4) is 0 Å². The van der Waals surface area contributed by atoms with Gasteiger partial charge in [-0.25, -0.2) is 8.78 Å². The Labute approximate surface area is 104 Å². The summed E-state index contributed by atoms with van der Waals surface area (Å²) < 4.78 is 50.6. The van der Waals surface area contributed by atoms with Crippen LogP contribution in [0.5, 0.6) is 0 Å². The lowest BCUT2D eigenvalue weighted by molar-refractivity contribution is 0.504. The zero-order valence-electron chi connectivity index (χ0n) is 8.14. The maximum absolute atomic E-state index is 13.0. The summed E-state index contributed by atoms with van der Waals surface area (Å²) in [6.07, 6.45) is 2.48. The third-order valence-electron chi connectivity index (χ3n) is 1.96. The molecular formula is C9H5BrF2N2O2S. The molecule has 0 saturated heterocycles. The van der Waals surface area contributed by atoms with E-state index in [0.29, 0.717) is 14.6 Å². The minimum absolute atomic E-state index is 0.369. The van der Waals surface area contributed by atoms with Crippen LogP contribution in [0.2, 0.25) is 0 Å². The summed E-state index contributed by atoms with van der Waals surface area (Å²) in [4.78, 5) is -0.369. The first-order chi connectivity index (χ1) is 7.91. The molecule has 90 valence electrons. The van der Waals surface area contributed by atoms with Gasteiger partial charge in [0.25, 0.3) is 10.0 Å².